The molecule has 1 aliphatic heterocycles. The first-order chi connectivity index (χ1) is 12.5. The van der Waals surface area contributed by atoms with E-state index in [1.807, 2.05) is 19.9 Å². The van der Waals surface area contributed by atoms with E-state index >= 15 is 0 Å². The van der Waals surface area contributed by atoms with Crippen LogP contribution < -0.4 is 5.32 Å². The molecule has 0 spiro atoms. The number of rotatable bonds is 7. The molecule has 0 aliphatic carbocycles. The van der Waals surface area contributed by atoms with Crippen LogP contribution >= 0.6 is 34.7 Å². The number of benzene rings is 1. The van der Waals surface area contributed by atoms with Crippen molar-refractivity contribution in [3.05, 3.63) is 28.3 Å². The van der Waals surface area contributed by atoms with Crippen LogP contribution in [0.2, 0.25) is 5.02 Å². The highest BCUT2D eigenvalue weighted by atomic mass is 35.5. The first kappa shape index (κ1) is 19.9. The Kier molecular flexibility index (Phi) is 7.13. The normalized spacial score (nSPS) is 16.6. The Morgan fingerprint density at radius 3 is 2.85 bits per heavy atom. The molecular formula is C17H23ClN4O2S2. The molecular weight excluding hydrogens is 392 g/mol. The molecule has 0 radical (unpaired) electrons. The molecule has 1 aromatic heterocycles. The Morgan fingerprint density at radius 1 is 1.35 bits per heavy atom. The highest BCUT2D eigenvalue weighted by molar-refractivity contribution is 8.01. The highest BCUT2D eigenvalue weighted by Gasteiger charge is 2.16. The number of morpholine rings is 1. The van der Waals surface area contributed by atoms with E-state index in [0.717, 1.165) is 47.5 Å². The van der Waals surface area contributed by atoms with Crippen LogP contribution in [0.4, 0.5) is 10.8 Å². The van der Waals surface area contributed by atoms with Crippen LogP contribution in [0.3, 0.4) is 0 Å². The molecule has 1 atom stereocenters. The molecule has 26 heavy (non-hydrogen) atoms. The van der Waals surface area contributed by atoms with Crippen molar-refractivity contribution < 1.29 is 9.84 Å². The summed E-state index contributed by atoms with van der Waals surface area (Å²) >= 11 is 9.32. The van der Waals surface area contributed by atoms with Crippen LogP contribution in [0.5, 0.6) is 0 Å². The fourth-order valence-corrected chi connectivity index (χ4v) is 4.87. The van der Waals surface area contributed by atoms with Crippen molar-refractivity contribution >= 4 is 45.5 Å². The quantitative estimate of drug-likeness (QED) is 0.673. The Morgan fingerprint density at radius 2 is 2.12 bits per heavy atom. The van der Waals surface area contributed by atoms with E-state index in [9.17, 15) is 5.11 Å². The third-order valence-corrected chi connectivity index (χ3v) is 6.46. The average Bonchev–Trinajstić information content (AvgIpc) is 3.05. The lowest BCUT2D eigenvalue weighted by Gasteiger charge is -2.28. The van der Waals surface area contributed by atoms with Crippen molar-refractivity contribution in [2.75, 3.05) is 43.9 Å². The third-order valence-electron chi connectivity index (χ3n) is 4.04. The van der Waals surface area contributed by atoms with Gasteiger partial charge in [-0.3, -0.25) is 4.90 Å². The van der Waals surface area contributed by atoms with Crippen molar-refractivity contribution in [3.63, 3.8) is 0 Å². The zero-order valence-corrected chi connectivity index (χ0v) is 17.3. The van der Waals surface area contributed by atoms with Gasteiger partial charge in [0.1, 0.15) is 0 Å². The minimum absolute atomic E-state index is 0.396. The van der Waals surface area contributed by atoms with Gasteiger partial charge in [0, 0.05) is 25.4 Å². The van der Waals surface area contributed by atoms with E-state index in [-0.39, 0.29) is 0 Å². The molecule has 3 rings (SSSR count). The second-order valence-corrected chi connectivity index (χ2v) is 8.97. The zero-order chi connectivity index (χ0) is 18.5. The summed E-state index contributed by atoms with van der Waals surface area (Å²) in [5.41, 5.74) is 3.05. The van der Waals surface area contributed by atoms with Gasteiger partial charge in [0.05, 0.1) is 30.0 Å². The molecule has 2 aromatic rings. The molecule has 6 nitrogen and oxygen atoms in total. The van der Waals surface area contributed by atoms with Gasteiger partial charge >= 0.3 is 0 Å². The number of halogens is 1. The first-order valence-electron chi connectivity index (χ1n) is 8.49. The van der Waals surface area contributed by atoms with Gasteiger partial charge in [-0.15, -0.1) is 10.2 Å². The molecule has 0 bridgehead atoms. The Labute approximate surface area is 166 Å². The molecule has 9 heteroatoms. The average molecular weight is 415 g/mol. The maximum atomic E-state index is 10.2. The van der Waals surface area contributed by atoms with Crippen molar-refractivity contribution in [3.8, 4) is 0 Å². The molecule has 1 aromatic carbocycles. The van der Waals surface area contributed by atoms with Crippen LogP contribution in [-0.4, -0.2) is 64.9 Å². The summed E-state index contributed by atoms with van der Waals surface area (Å²) in [6, 6.07) is 4.00. The van der Waals surface area contributed by atoms with E-state index < -0.39 is 6.10 Å². The van der Waals surface area contributed by atoms with Gasteiger partial charge in [0.25, 0.3) is 0 Å². The van der Waals surface area contributed by atoms with Gasteiger partial charge in [-0.25, -0.2) is 0 Å². The smallest absolute Gasteiger partial charge is 0.210 e. The largest absolute Gasteiger partial charge is 0.391 e. The molecule has 1 aliphatic rings. The lowest BCUT2D eigenvalue weighted by Crippen LogP contribution is -2.41. The summed E-state index contributed by atoms with van der Waals surface area (Å²) in [4.78, 5) is 2.23. The maximum absolute atomic E-state index is 10.2. The SMILES string of the molecule is Cc1cc(C)c(Nc2nnc(SCC(O)CN3CCOCC3)s2)c(Cl)c1. The predicted molar refractivity (Wildman–Crippen MR) is 108 cm³/mol. The van der Waals surface area contributed by atoms with Gasteiger partial charge in [0.15, 0.2) is 4.34 Å². The topological polar surface area (TPSA) is 70.5 Å². The van der Waals surface area contributed by atoms with Crippen molar-refractivity contribution in [1.82, 2.24) is 15.1 Å². The van der Waals surface area contributed by atoms with Gasteiger partial charge in [-0.05, 0) is 31.0 Å². The summed E-state index contributed by atoms with van der Waals surface area (Å²) in [5, 5.41) is 23.2. The van der Waals surface area contributed by atoms with Crippen LogP contribution in [0, 0.1) is 13.8 Å². The van der Waals surface area contributed by atoms with E-state index in [1.54, 1.807) is 0 Å². The Balaban J connectivity index is 1.51. The number of anilines is 2. The van der Waals surface area contributed by atoms with Crippen LogP contribution in [0.25, 0.3) is 0 Å². The lowest BCUT2D eigenvalue weighted by molar-refractivity contribution is 0.0188. The molecule has 1 saturated heterocycles. The van der Waals surface area contributed by atoms with Gasteiger partial charge in [0.2, 0.25) is 5.13 Å². The second kappa shape index (κ2) is 9.34. The number of hydrogen-bond acceptors (Lipinski definition) is 8. The van der Waals surface area contributed by atoms with E-state index in [0.29, 0.717) is 22.5 Å². The fraction of sp³-hybridized carbons (Fsp3) is 0.529. The van der Waals surface area contributed by atoms with Gasteiger partial charge in [-0.2, -0.15) is 0 Å². The van der Waals surface area contributed by atoms with Crippen LogP contribution in [0.15, 0.2) is 16.5 Å². The highest BCUT2D eigenvalue weighted by Crippen LogP contribution is 2.33. The number of nitrogens with zero attached hydrogens (tertiary/aromatic N) is 3. The summed E-state index contributed by atoms with van der Waals surface area (Å²) in [5.74, 6) is 0.594. The molecule has 2 heterocycles. The van der Waals surface area contributed by atoms with Crippen LogP contribution in [-0.2, 0) is 4.74 Å². The lowest BCUT2D eigenvalue weighted by atomic mass is 10.1. The Hall–Kier alpha value is -0.900. The molecule has 0 amide bonds. The standard InChI is InChI=1S/C17H23ClN4O2S2/c1-11-7-12(2)15(14(18)8-11)19-16-20-21-17(26-16)25-10-13(23)9-22-3-5-24-6-4-22/h7-8,13,23H,3-6,9-10H2,1-2H3,(H,19,20). The number of aliphatic hydroxyl groups is 1. The monoisotopic (exact) mass is 414 g/mol. The van der Waals surface area contributed by atoms with Gasteiger partial charge < -0.3 is 15.2 Å². The summed E-state index contributed by atoms with van der Waals surface area (Å²) in [6.07, 6.45) is -0.396. The number of ether oxygens (including phenoxy) is 1. The van der Waals surface area contributed by atoms with Crippen molar-refractivity contribution in [1.29, 1.82) is 0 Å². The third kappa shape index (κ3) is 5.55. The van der Waals surface area contributed by atoms with Crippen molar-refractivity contribution in [2.45, 2.75) is 24.3 Å². The van der Waals surface area contributed by atoms with E-state index in [2.05, 4.69) is 26.5 Å². The predicted octanol–water partition coefficient (Wildman–Crippen LogP) is 3.34. The second-order valence-electron chi connectivity index (χ2n) is 6.31. The molecule has 1 fully saturated rings. The van der Waals surface area contributed by atoms with Crippen molar-refractivity contribution in [2.24, 2.45) is 0 Å². The molecule has 2 N–H and O–H groups in total. The van der Waals surface area contributed by atoms with Gasteiger partial charge in [-0.1, -0.05) is 40.8 Å². The number of β-amino-alcohol motifs (C(OH)–C–C–N with tert-alkyl or cyclic N) is 1. The number of hydrogen-bond donors (Lipinski definition) is 2. The Bertz CT molecular complexity index is 714. The zero-order valence-electron chi connectivity index (χ0n) is 14.9. The number of aliphatic hydroxyl groups excluding tert-OH is 1. The number of nitrogens with one attached hydrogen (secondary N) is 1. The fourth-order valence-electron chi connectivity index (χ4n) is 2.80. The number of thioether (sulfide) groups is 1. The van der Waals surface area contributed by atoms with E-state index in [4.69, 9.17) is 16.3 Å². The minimum atomic E-state index is -0.396. The molecule has 1 unspecified atom stereocenters. The molecule has 0 saturated carbocycles. The van der Waals surface area contributed by atoms with E-state index in [1.165, 1.54) is 23.1 Å². The van der Waals surface area contributed by atoms with Crippen LogP contribution in [0.1, 0.15) is 11.1 Å². The first-order valence-corrected chi connectivity index (χ1v) is 10.7. The summed E-state index contributed by atoms with van der Waals surface area (Å²) in [7, 11) is 0. The maximum Gasteiger partial charge on any atom is 0.210 e. The minimum Gasteiger partial charge on any atom is -0.391 e. The number of aryl methyl sites for hydroxylation is 2. The summed E-state index contributed by atoms with van der Waals surface area (Å²) < 4.78 is 6.15. The molecule has 142 valence electrons. The number of aromatic nitrogens is 2. The summed E-state index contributed by atoms with van der Waals surface area (Å²) in [6.45, 7) is 7.94.